The third-order valence-corrected chi connectivity index (χ3v) is 4.90. The Hall–Kier alpha value is -1.06. The smallest absolute Gasteiger partial charge is 0.306 e. The molecule has 0 aromatic rings. The van der Waals surface area contributed by atoms with Gasteiger partial charge in [0.1, 0.15) is 0 Å². The second-order valence-corrected chi connectivity index (χ2v) is 6.44. The Labute approximate surface area is 121 Å². The summed E-state index contributed by atoms with van der Waals surface area (Å²) < 4.78 is 0. The lowest BCUT2D eigenvalue weighted by atomic mass is 9.85. The number of rotatable bonds is 3. The van der Waals surface area contributed by atoms with Crippen molar-refractivity contribution in [1.29, 1.82) is 0 Å². The second kappa shape index (κ2) is 7.65. The number of carboxylic acid groups (broad SMARTS) is 1. The summed E-state index contributed by atoms with van der Waals surface area (Å²) in [6.07, 6.45) is 11.2. The minimum atomic E-state index is -0.685. The van der Waals surface area contributed by atoms with Gasteiger partial charge in [-0.3, -0.25) is 9.59 Å². The van der Waals surface area contributed by atoms with Crippen LogP contribution < -0.4 is 5.32 Å². The minimum absolute atomic E-state index is 0.187. The number of hydrogen-bond donors (Lipinski definition) is 2. The maximum absolute atomic E-state index is 12.3. The lowest BCUT2D eigenvalue weighted by Crippen LogP contribution is -2.41. The Balaban J connectivity index is 1.75. The molecule has 2 saturated carbocycles. The van der Waals surface area contributed by atoms with Gasteiger partial charge in [-0.05, 0) is 38.5 Å². The van der Waals surface area contributed by atoms with Gasteiger partial charge in [-0.15, -0.1) is 0 Å². The summed E-state index contributed by atoms with van der Waals surface area (Å²) >= 11 is 0. The van der Waals surface area contributed by atoms with E-state index < -0.39 is 5.97 Å². The zero-order valence-corrected chi connectivity index (χ0v) is 12.3. The van der Waals surface area contributed by atoms with E-state index in [-0.39, 0.29) is 23.8 Å². The number of carbonyl (C=O) groups excluding carboxylic acids is 1. The van der Waals surface area contributed by atoms with Crippen molar-refractivity contribution in [2.75, 3.05) is 0 Å². The van der Waals surface area contributed by atoms with Crippen molar-refractivity contribution in [1.82, 2.24) is 5.32 Å². The van der Waals surface area contributed by atoms with E-state index in [1.165, 1.54) is 32.1 Å². The molecule has 0 aliphatic heterocycles. The lowest BCUT2D eigenvalue weighted by Gasteiger charge is -2.29. The maximum Gasteiger partial charge on any atom is 0.306 e. The van der Waals surface area contributed by atoms with E-state index in [1.807, 2.05) is 0 Å². The molecule has 2 aliphatic carbocycles. The number of amides is 1. The van der Waals surface area contributed by atoms with Crippen molar-refractivity contribution in [2.45, 2.75) is 76.7 Å². The summed E-state index contributed by atoms with van der Waals surface area (Å²) in [6, 6.07) is 0.198. The van der Waals surface area contributed by atoms with E-state index in [1.54, 1.807) is 0 Å². The van der Waals surface area contributed by atoms with Crippen molar-refractivity contribution in [3.63, 3.8) is 0 Å². The van der Waals surface area contributed by atoms with Crippen LogP contribution >= 0.6 is 0 Å². The molecule has 0 saturated heterocycles. The Morgan fingerprint density at radius 3 is 1.85 bits per heavy atom. The van der Waals surface area contributed by atoms with Crippen molar-refractivity contribution in [2.24, 2.45) is 11.8 Å². The molecule has 0 heterocycles. The van der Waals surface area contributed by atoms with Crippen molar-refractivity contribution in [3.05, 3.63) is 0 Å². The summed E-state index contributed by atoms with van der Waals surface area (Å²) in [6.45, 7) is 0. The third kappa shape index (κ3) is 4.50. The van der Waals surface area contributed by atoms with Gasteiger partial charge in [0.2, 0.25) is 5.91 Å². The molecule has 0 radical (unpaired) electrons. The highest BCUT2D eigenvalue weighted by Gasteiger charge is 2.28. The number of carbonyl (C=O) groups is 2. The fourth-order valence-corrected chi connectivity index (χ4v) is 3.52. The van der Waals surface area contributed by atoms with Crippen LogP contribution in [0, 0.1) is 11.8 Å². The largest absolute Gasteiger partial charge is 0.481 e. The zero-order chi connectivity index (χ0) is 14.4. The van der Waals surface area contributed by atoms with Gasteiger partial charge >= 0.3 is 5.97 Å². The first-order chi connectivity index (χ1) is 9.66. The Morgan fingerprint density at radius 1 is 0.750 bits per heavy atom. The van der Waals surface area contributed by atoms with Crippen molar-refractivity contribution in [3.8, 4) is 0 Å². The molecule has 2 rings (SSSR count). The van der Waals surface area contributed by atoms with Gasteiger partial charge in [0.15, 0.2) is 0 Å². The molecule has 0 bridgehead atoms. The van der Waals surface area contributed by atoms with Crippen LogP contribution in [-0.2, 0) is 9.59 Å². The number of nitrogens with one attached hydrogen (secondary N) is 1. The van der Waals surface area contributed by atoms with Gasteiger partial charge in [-0.1, -0.05) is 32.1 Å². The first-order valence-electron chi connectivity index (χ1n) is 8.20. The van der Waals surface area contributed by atoms with Gasteiger partial charge in [0.05, 0.1) is 5.92 Å². The summed E-state index contributed by atoms with van der Waals surface area (Å²) in [7, 11) is 0. The molecule has 0 aromatic carbocycles. The molecule has 4 heteroatoms. The molecule has 1 amide bonds. The van der Waals surface area contributed by atoms with E-state index in [2.05, 4.69) is 5.32 Å². The molecule has 0 spiro atoms. The summed E-state index contributed by atoms with van der Waals surface area (Å²) in [5, 5.41) is 12.1. The maximum atomic E-state index is 12.3. The number of hydrogen-bond acceptors (Lipinski definition) is 2. The van der Waals surface area contributed by atoms with Crippen LogP contribution in [0.4, 0.5) is 0 Å². The normalized spacial score (nSPS) is 29.2. The molecular weight excluding hydrogens is 254 g/mol. The van der Waals surface area contributed by atoms with E-state index >= 15 is 0 Å². The molecule has 2 fully saturated rings. The van der Waals surface area contributed by atoms with E-state index in [9.17, 15) is 9.59 Å². The molecule has 4 nitrogen and oxygen atoms in total. The van der Waals surface area contributed by atoms with Crippen LogP contribution in [0.5, 0.6) is 0 Å². The molecule has 0 atom stereocenters. The number of aliphatic carboxylic acids is 1. The molecule has 0 aromatic heterocycles. The van der Waals surface area contributed by atoms with Crippen LogP contribution in [0.15, 0.2) is 0 Å². The highest BCUT2D eigenvalue weighted by molar-refractivity contribution is 5.79. The Morgan fingerprint density at radius 2 is 1.30 bits per heavy atom. The van der Waals surface area contributed by atoms with Gasteiger partial charge in [-0.25, -0.2) is 0 Å². The third-order valence-electron chi connectivity index (χ3n) is 4.90. The number of carboxylic acids is 1. The topological polar surface area (TPSA) is 66.4 Å². The lowest BCUT2D eigenvalue weighted by molar-refractivity contribution is -0.142. The van der Waals surface area contributed by atoms with Crippen LogP contribution in [0.3, 0.4) is 0 Å². The van der Waals surface area contributed by atoms with Crippen LogP contribution in [0.2, 0.25) is 0 Å². The summed E-state index contributed by atoms with van der Waals surface area (Å²) in [4.78, 5) is 23.2. The molecule has 20 heavy (non-hydrogen) atoms. The molecule has 2 N–H and O–H groups in total. The fraction of sp³-hybridized carbons (Fsp3) is 0.875. The van der Waals surface area contributed by atoms with E-state index in [4.69, 9.17) is 5.11 Å². The first kappa shape index (κ1) is 15.3. The quantitative estimate of drug-likeness (QED) is 0.835. The Kier molecular flexibility index (Phi) is 5.86. The molecule has 0 unspecified atom stereocenters. The first-order valence-corrected chi connectivity index (χ1v) is 8.20. The SMILES string of the molecule is O=C(O)C1CCC(NC(=O)C2CCCCCCC2)CC1. The van der Waals surface area contributed by atoms with Gasteiger partial charge in [0, 0.05) is 12.0 Å². The van der Waals surface area contributed by atoms with Gasteiger partial charge in [0.25, 0.3) is 0 Å². The Bertz CT molecular complexity index is 327. The van der Waals surface area contributed by atoms with E-state index in [0.717, 1.165) is 25.7 Å². The van der Waals surface area contributed by atoms with Crippen LogP contribution in [0.1, 0.15) is 70.6 Å². The van der Waals surface area contributed by atoms with Crippen molar-refractivity contribution >= 4 is 11.9 Å². The van der Waals surface area contributed by atoms with Gasteiger partial charge in [-0.2, -0.15) is 0 Å². The standard InChI is InChI=1S/C16H27NO3/c18-15(12-6-4-2-1-3-5-7-12)17-14-10-8-13(9-11-14)16(19)20/h12-14H,1-11H2,(H,17,18)(H,19,20). The predicted molar refractivity (Wildman–Crippen MR) is 77.3 cm³/mol. The predicted octanol–water partition coefficient (Wildman–Crippen LogP) is 3.11. The second-order valence-electron chi connectivity index (χ2n) is 6.44. The monoisotopic (exact) mass is 281 g/mol. The van der Waals surface area contributed by atoms with E-state index in [0.29, 0.717) is 12.8 Å². The van der Waals surface area contributed by atoms with Crippen LogP contribution in [0.25, 0.3) is 0 Å². The minimum Gasteiger partial charge on any atom is -0.481 e. The highest BCUT2D eigenvalue weighted by atomic mass is 16.4. The summed E-state index contributed by atoms with van der Waals surface area (Å²) in [5.74, 6) is -0.488. The van der Waals surface area contributed by atoms with Crippen molar-refractivity contribution < 1.29 is 14.7 Å². The average Bonchev–Trinajstić information content (AvgIpc) is 2.38. The average molecular weight is 281 g/mol. The molecule has 2 aliphatic rings. The van der Waals surface area contributed by atoms with Crippen LogP contribution in [-0.4, -0.2) is 23.0 Å². The summed E-state index contributed by atoms with van der Waals surface area (Å²) in [5.41, 5.74) is 0. The fourth-order valence-electron chi connectivity index (χ4n) is 3.52. The van der Waals surface area contributed by atoms with Gasteiger partial charge < -0.3 is 10.4 Å². The zero-order valence-electron chi connectivity index (χ0n) is 12.3. The molecule has 114 valence electrons. The highest BCUT2D eigenvalue weighted by Crippen LogP contribution is 2.26. The molecular formula is C16H27NO3.